The Labute approximate surface area is 125 Å². The molecule has 1 aliphatic heterocycles. The van der Waals surface area contributed by atoms with Crippen LogP contribution in [-0.2, 0) is 0 Å². The zero-order valence-corrected chi connectivity index (χ0v) is 13.1. The van der Waals surface area contributed by atoms with Crippen molar-refractivity contribution in [3.05, 3.63) is 34.9 Å². The molecular weight excluding hydrogens is 278 g/mol. The first kappa shape index (κ1) is 15.2. The Hall–Kier alpha value is -0.220. The minimum absolute atomic E-state index is 0.421. The number of hydrogen-bond donors (Lipinski definition) is 1. The van der Waals surface area contributed by atoms with Crippen molar-refractivity contribution in [2.45, 2.75) is 37.7 Å². The molecule has 3 atom stereocenters. The first-order chi connectivity index (χ1) is 9.08. The summed E-state index contributed by atoms with van der Waals surface area (Å²) in [5.41, 5.74) is 0.916. The smallest absolute Gasteiger partial charge is 0.0802 e. The van der Waals surface area contributed by atoms with Crippen molar-refractivity contribution in [3.8, 4) is 0 Å². The van der Waals surface area contributed by atoms with Crippen LogP contribution in [-0.4, -0.2) is 40.1 Å². The van der Waals surface area contributed by atoms with Crippen LogP contribution in [0.2, 0.25) is 5.02 Å². The van der Waals surface area contributed by atoms with Gasteiger partial charge in [0.15, 0.2) is 0 Å². The summed E-state index contributed by atoms with van der Waals surface area (Å²) in [6.45, 7) is 6.63. The van der Waals surface area contributed by atoms with Gasteiger partial charge in [-0.15, -0.1) is 0 Å². The molecule has 1 aromatic rings. The summed E-state index contributed by atoms with van der Waals surface area (Å²) in [5, 5.41) is 11.6. The third kappa shape index (κ3) is 4.12. The third-order valence-corrected chi connectivity index (χ3v) is 5.51. The summed E-state index contributed by atoms with van der Waals surface area (Å²) in [6.07, 6.45) is 0.345. The number of nitrogens with zero attached hydrogens (tertiary/aromatic N) is 1. The zero-order valence-electron chi connectivity index (χ0n) is 11.6. The normalized spacial score (nSPS) is 26.3. The van der Waals surface area contributed by atoms with Crippen LogP contribution in [0.25, 0.3) is 0 Å². The van der Waals surface area contributed by atoms with E-state index in [-0.39, 0.29) is 0 Å². The summed E-state index contributed by atoms with van der Waals surface area (Å²) < 4.78 is 0. The standard InChI is InChI=1S/C15H22ClNOS/c1-11-12(2)19-9-8-17(11)7-6-15(18)13-4-3-5-14(16)10-13/h3-5,10-12,15,18H,6-9H2,1-2H3. The summed E-state index contributed by atoms with van der Waals surface area (Å²) in [7, 11) is 0. The average molecular weight is 300 g/mol. The molecule has 2 nitrogen and oxygen atoms in total. The van der Waals surface area contributed by atoms with Crippen LogP contribution in [0.15, 0.2) is 24.3 Å². The molecule has 0 spiro atoms. The number of benzene rings is 1. The number of aliphatic hydroxyl groups is 1. The van der Waals surface area contributed by atoms with Gasteiger partial charge in [0.1, 0.15) is 0 Å². The van der Waals surface area contributed by atoms with Gasteiger partial charge in [-0.3, -0.25) is 4.90 Å². The summed E-state index contributed by atoms with van der Waals surface area (Å²) in [4.78, 5) is 2.48. The van der Waals surface area contributed by atoms with E-state index in [1.54, 1.807) is 0 Å². The zero-order chi connectivity index (χ0) is 13.8. The Morgan fingerprint density at radius 1 is 1.47 bits per heavy atom. The van der Waals surface area contributed by atoms with Gasteiger partial charge >= 0.3 is 0 Å². The molecule has 19 heavy (non-hydrogen) atoms. The van der Waals surface area contributed by atoms with Gasteiger partial charge in [0, 0.05) is 35.2 Å². The van der Waals surface area contributed by atoms with Gasteiger partial charge in [0.2, 0.25) is 0 Å². The maximum atomic E-state index is 10.2. The lowest BCUT2D eigenvalue weighted by Crippen LogP contribution is -2.45. The van der Waals surface area contributed by atoms with Gasteiger partial charge < -0.3 is 5.11 Å². The molecule has 0 saturated carbocycles. The number of thioether (sulfide) groups is 1. The van der Waals surface area contributed by atoms with Gasteiger partial charge in [-0.05, 0) is 31.0 Å². The van der Waals surface area contributed by atoms with Gasteiger partial charge in [0.25, 0.3) is 0 Å². The van der Waals surface area contributed by atoms with Crippen molar-refractivity contribution in [3.63, 3.8) is 0 Å². The summed E-state index contributed by atoms with van der Waals surface area (Å²) in [6, 6.07) is 8.11. The van der Waals surface area contributed by atoms with E-state index in [9.17, 15) is 5.11 Å². The first-order valence-corrected chi connectivity index (χ1v) is 8.30. The summed E-state index contributed by atoms with van der Waals surface area (Å²) >= 11 is 8.00. The molecule has 0 bridgehead atoms. The maximum Gasteiger partial charge on any atom is 0.0802 e. The number of aliphatic hydroxyl groups excluding tert-OH is 1. The van der Waals surface area contributed by atoms with Crippen molar-refractivity contribution in [2.24, 2.45) is 0 Å². The SMILES string of the molecule is CC1SCCN(CCC(O)c2cccc(Cl)c2)C1C. The van der Waals surface area contributed by atoms with Gasteiger partial charge in [-0.2, -0.15) is 11.8 Å². The van der Waals surface area contributed by atoms with E-state index in [0.717, 1.165) is 25.1 Å². The van der Waals surface area contributed by atoms with E-state index in [2.05, 4.69) is 18.7 Å². The fraction of sp³-hybridized carbons (Fsp3) is 0.600. The fourth-order valence-corrected chi connectivity index (χ4v) is 3.84. The molecule has 1 aromatic carbocycles. The maximum absolute atomic E-state index is 10.2. The average Bonchev–Trinajstić information content (AvgIpc) is 2.40. The van der Waals surface area contributed by atoms with Crippen molar-refractivity contribution in [1.82, 2.24) is 4.90 Å². The monoisotopic (exact) mass is 299 g/mol. The van der Waals surface area contributed by atoms with Crippen LogP contribution in [0.5, 0.6) is 0 Å². The molecule has 0 radical (unpaired) electrons. The summed E-state index contributed by atoms with van der Waals surface area (Å²) in [5.74, 6) is 1.19. The van der Waals surface area contributed by atoms with Crippen LogP contribution >= 0.6 is 23.4 Å². The predicted octanol–water partition coefficient (Wildman–Crippen LogP) is 3.59. The second-order valence-electron chi connectivity index (χ2n) is 5.21. The van der Waals surface area contributed by atoms with Crippen LogP contribution < -0.4 is 0 Å². The van der Waals surface area contributed by atoms with E-state index in [1.165, 1.54) is 5.75 Å². The topological polar surface area (TPSA) is 23.5 Å². The second kappa shape index (κ2) is 6.98. The van der Waals surface area contributed by atoms with Crippen LogP contribution in [0.1, 0.15) is 31.9 Å². The molecule has 3 unspecified atom stereocenters. The second-order valence-corrected chi connectivity index (χ2v) is 7.13. The van der Waals surface area contributed by atoms with Crippen LogP contribution in [0.3, 0.4) is 0 Å². The van der Waals surface area contributed by atoms with Crippen LogP contribution in [0, 0.1) is 0 Å². The highest BCUT2D eigenvalue weighted by molar-refractivity contribution is 8.00. The van der Waals surface area contributed by atoms with E-state index in [4.69, 9.17) is 11.6 Å². The highest BCUT2D eigenvalue weighted by Crippen LogP contribution is 2.26. The van der Waals surface area contributed by atoms with E-state index >= 15 is 0 Å². The van der Waals surface area contributed by atoms with Crippen molar-refractivity contribution in [1.29, 1.82) is 0 Å². The first-order valence-electron chi connectivity index (χ1n) is 6.87. The minimum Gasteiger partial charge on any atom is -0.388 e. The Bertz CT molecular complexity index is 415. The largest absolute Gasteiger partial charge is 0.388 e. The molecule has 1 heterocycles. The Balaban J connectivity index is 1.88. The number of rotatable bonds is 4. The molecule has 1 fully saturated rings. The lowest BCUT2D eigenvalue weighted by atomic mass is 10.1. The highest BCUT2D eigenvalue weighted by atomic mass is 35.5. The molecule has 1 aliphatic rings. The predicted molar refractivity (Wildman–Crippen MR) is 84.0 cm³/mol. The molecule has 0 aromatic heterocycles. The third-order valence-electron chi connectivity index (χ3n) is 3.94. The fourth-order valence-electron chi connectivity index (χ4n) is 2.48. The van der Waals surface area contributed by atoms with Crippen molar-refractivity contribution >= 4 is 23.4 Å². The minimum atomic E-state index is -0.421. The Morgan fingerprint density at radius 3 is 3.00 bits per heavy atom. The molecule has 0 aliphatic carbocycles. The number of hydrogen-bond acceptors (Lipinski definition) is 3. The molecule has 1 saturated heterocycles. The van der Waals surface area contributed by atoms with Gasteiger partial charge in [-0.25, -0.2) is 0 Å². The van der Waals surface area contributed by atoms with Crippen molar-refractivity contribution in [2.75, 3.05) is 18.8 Å². The van der Waals surface area contributed by atoms with E-state index in [0.29, 0.717) is 16.3 Å². The quantitative estimate of drug-likeness (QED) is 0.919. The molecule has 1 N–H and O–H groups in total. The highest BCUT2D eigenvalue weighted by Gasteiger charge is 2.25. The molecule has 4 heteroatoms. The lowest BCUT2D eigenvalue weighted by molar-refractivity contribution is 0.128. The van der Waals surface area contributed by atoms with Crippen molar-refractivity contribution < 1.29 is 5.11 Å². The number of halogens is 1. The van der Waals surface area contributed by atoms with Gasteiger partial charge in [-0.1, -0.05) is 30.7 Å². The Kier molecular flexibility index (Phi) is 5.58. The molecule has 0 amide bonds. The molecular formula is C15H22ClNOS. The van der Waals surface area contributed by atoms with E-state index < -0.39 is 6.10 Å². The van der Waals surface area contributed by atoms with E-state index in [1.807, 2.05) is 36.0 Å². The lowest BCUT2D eigenvalue weighted by Gasteiger charge is -2.37. The Morgan fingerprint density at radius 2 is 2.26 bits per heavy atom. The van der Waals surface area contributed by atoms with Crippen LogP contribution in [0.4, 0.5) is 0 Å². The molecule has 2 rings (SSSR count). The molecule has 106 valence electrons. The van der Waals surface area contributed by atoms with Gasteiger partial charge in [0.05, 0.1) is 6.10 Å².